The van der Waals surface area contributed by atoms with Gasteiger partial charge in [0.15, 0.2) is 0 Å². The number of aromatic nitrogens is 1. The lowest BCUT2D eigenvalue weighted by Crippen LogP contribution is -1.91. The maximum Gasteiger partial charge on any atom is 0.0379 e. The van der Waals surface area contributed by atoms with Crippen molar-refractivity contribution in [3.8, 4) is 11.1 Å². The van der Waals surface area contributed by atoms with Crippen molar-refractivity contribution < 1.29 is 0 Å². The fourth-order valence-electron chi connectivity index (χ4n) is 2.73. The molecular weight excluding hydrogens is 254 g/mol. The van der Waals surface area contributed by atoms with Gasteiger partial charge in [-0.15, -0.1) is 0 Å². The molecule has 0 N–H and O–H groups in total. The average molecular weight is 275 g/mol. The van der Waals surface area contributed by atoms with Crippen LogP contribution in [0.3, 0.4) is 0 Å². The van der Waals surface area contributed by atoms with Gasteiger partial charge in [0.2, 0.25) is 0 Å². The highest BCUT2D eigenvalue weighted by atomic mass is 14.6. The standard InChI is InChI=1S/C20H21N/c1-13(2)16-6-5-14(3)20(11-16)18-8-7-17-9-15(4)21-12-19(17)10-18/h5-13H,1-4H3. The molecule has 0 atom stereocenters. The van der Waals surface area contributed by atoms with Gasteiger partial charge in [-0.25, -0.2) is 0 Å². The Hall–Kier alpha value is -2.15. The Morgan fingerprint density at radius 1 is 0.857 bits per heavy atom. The number of aryl methyl sites for hydroxylation is 2. The molecule has 3 rings (SSSR count). The smallest absolute Gasteiger partial charge is 0.0379 e. The highest BCUT2D eigenvalue weighted by Crippen LogP contribution is 2.29. The van der Waals surface area contributed by atoms with E-state index in [-0.39, 0.29) is 0 Å². The molecule has 3 aromatic rings. The molecule has 1 nitrogen and oxygen atoms in total. The molecule has 0 spiro atoms. The van der Waals surface area contributed by atoms with Gasteiger partial charge in [0, 0.05) is 17.3 Å². The van der Waals surface area contributed by atoms with Gasteiger partial charge in [0.05, 0.1) is 0 Å². The Morgan fingerprint density at radius 3 is 2.43 bits per heavy atom. The van der Waals surface area contributed by atoms with Crippen molar-refractivity contribution in [2.75, 3.05) is 0 Å². The Balaban J connectivity index is 2.16. The molecular formula is C20H21N. The SMILES string of the molecule is Cc1cc2ccc(-c3cc(C(C)C)ccc3C)cc2cn1. The zero-order valence-corrected chi connectivity index (χ0v) is 13.1. The van der Waals surface area contributed by atoms with E-state index in [0.717, 1.165) is 5.69 Å². The number of rotatable bonds is 2. The fraction of sp³-hybridized carbons (Fsp3) is 0.250. The Labute approximate surface area is 126 Å². The molecule has 1 heteroatoms. The van der Waals surface area contributed by atoms with Crippen LogP contribution in [-0.4, -0.2) is 4.98 Å². The van der Waals surface area contributed by atoms with Crippen LogP contribution in [0.5, 0.6) is 0 Å². The topological polar surface area (TPSA) is 12.9 Å². The Bertz CT molecular complexity index is 800. The molecule has 0 fully saturated rings. The number of hydrogen-bond donors (Lipinski definition) is 0. The van der Waals surface area contributed by atoms with E-state index in [4.69, 9.17) is 0 Å². The molecule has 1 aromatic heterocycles. The minimum absolute atomic E-state index is 0.550. The van der Waals surface area contributed by atoms with E-state index >= 15 is 0 Å². The van der Waals surface area contributed by atoms with Crippen molar-refractivity contribution in [1.29, 1.82) is 0 Å². The summed E-state index contributed by atoms with van der Waals surface area (Å²) in [5.41, 5.74) is 6.36. The summed E-state index contributed by atoms with van der Waals surface area (Å²) in [5.74, 6) is 0.550. The summed E-state index contributed by atoms with van der Waals surface area (Å²) in [6.45, 7) is 8.68. The first-order valence-corrected chi connectivity index (χ1v) is 7.52. The van der Waals surface area contributed by atoms with Crippen LogP contribution in [0.1, 0.15) is 36.6 Å². The second-order valence-corrected chi connectivity index (χ2v) is 6.12. The van der Waals surface area contributed by atoms with E-state index in [1.165, 1.54) is 33.0 Å². The maximum absolute atomic E-state index is 4.41. The number of nitrogens with zero attached hydrogens (tertiary/aromatic N) is 1. The highest BCUT2D eigenvalue weighted by molar-refractivity contribution is 5.87. The number of pyridine rings is 1. The van der Waals surface area contributed by atoms with Crippen LogP contribution in [-0.2, 0) is 0 Å². The first-order chi connectivity index (χ1) is 10.0. The van der Waals surface area contributed by atoms with Crippen LogP contribution < -0.4 is 0 Å². The van der Waals surface area contributed by atoms with Gasteiger partial charge in [-0.2, -0.15) is 0 Å². The Kier molecular flexibility index (Phi) is 3.50. The molecule has 0 aliphatic carbocycles. The van der Waals surface area contributed by atoms with Crippen molar-refractivity contribution in [1.82, 2.24) is 4.98 Å². The third kappa shape index (κ3) is 2.69. The zero-order chi connectivity index (χ0) is 15.0. The molecule has 0 bridgehead atoms. The van der Waals surface area contributed by atoms with Crippen molar-refractivity contribution in [3.63, 3.8) is 0 Å². The summed E-state index contributed by atoms with van der Waals surface area (Å²) in [4.78, 5) is 4.41. The van der Waals surface area contributed by atoms with E-state index < -0.39 is 0 Å². The van der Waals surface area contributed by atoms with Crippen LogP contribution >= 0.6 is 0 Å². The van der Waals surface area contributed by atoms with Crippen LogP contribution in [0.15, 0.2) is 48.7 Å². The number of benzene rings is 2. The third-order valence-electron chi connectivity index (χ3n) is 4.10. The van der Waals surface area contributed by atoms with Gasteiger partial charge in [-0.1, -0.05) is 44.2 Å². The zero-order valence-electron chi connectivity index (χ0n) is 13.1. The lowest BCUT2D eigenvalue weighted by molar-refractivity contribution is 0.866. The highest BCUT2D eigenvalue weighted by Gasteiger charge is 2.07. The number of hydrogen-bond acceptors (Lipinski definition) is 1. The first kappa shape index (κ1) is 13.8. The summed E-state index contributed by atoms with van der Waals surface area (Å²) in [6, 6.07) is 15.6. The Morgan fingerprint density at radius 2 is 1.67 bits per heavy atom. The molecule has 21 heavy (non-hydrogen) atoms. The lowest BCUT2D eigenvalue weighted by atomic mass is 9.93. The minimum atomic E-state index is 0.550. The van der Waals surface area contributed by atoms with Gasteiger partial charge in [-0.3, -0.25) is 4.98 Å². The second kappa shape index (κ2) is 5.33. The van der Waals surface area contributed by atoms with Crippen LogP contribution in [0.4, 0.5) is 0 Å². The predicted molar refractivity (Wildman–Crippen MR) is 90.7 cm³/mol. The summed E-state index contributed by atoms with van der Waals surface area (Å²) in [7, 11) is 0. The molecule has 0 saturated heterocycles. The molecule has 0 aliphatic rings. The van der Waals surface area contributed by atoms with Gasteiger partial charge in [0.25, 0.3) is 0 Å². The fourth-order valence-corrected chi connectivity index (χ4v) is 2.73. The van der Waals surface area contributed by atoms with Crippen molar-refractivity contribution >= 4 is 10.8 Å². The van der Waals surface area contributed by atoms with Gasteiger partial charge in [-0.05, 0) is 59.5 Å². The molecule has 0 aliphatic heterocycles. The van der Waals surface area contributed by atoms with Crippen LogP contribution in [0.2, 0.25) is 0 Å². The molecule has 0 amide bonds. The molecule has 1 heterocycles. The van der Waals surface area contributed by atoms with E-state index in [9.17, 15) is 0 Å². The third-order valence-corrected chi connectivity index (χ3v) is 4.10. The molecule has 0 unspecified atom stereocenters. The summed E-state index contributed by atoms with van der Waals surface area (Å²) in [6.07, 6.45) is 1.97. The molecule has 106 valence electrons. The summed E-state index contributed by atoms with van der Waals surface area (Å²) < 4.78 is 0. The largest absolute Gasteiger partial charge is 0.261 e. The van der Waals surface area contributed by atoms with Crippen LogP contribution in [0, 0.1) is 13.8 Å². The van der Waals surface area contributed by atoms with Gasteiger partial charge >= 0.3 is 0 Å². The molecule has 0 saturated carbocycles. The quantitative estimate of drug-likeness (QED) is 0.589. The molecule has 2 aromatic carbocycles. The van der Waals surface area contributed by atoms with E-state index in [1.807, 2.05) is 13.1 Å². The minimum Gasteiger partial charge on any atom is -0.261 e. The first-order valence-electron chi connectivity index (χ1n) is 7.52. The van der Waals surface area contributed by atoms with Gasteiger partial charge < -0.3 is 0 Å². The summed E-state index contributed by atoms with van der Waals surface area (Å²) in [5, 5.41) is 2.45. The maximum atomic E-state index is 4.41. The van der Waals surface area contributed by atoms with Crippen LogP contribution in [0.25, 0.3) is 21.9 Å². The number of fused-ring (bicyclic) bond motifs is 1. The summed E-state index contributed by atoms with van der Waals surface area (Å²) >= 11 is 0. The van der Waals surface area contributed by atoms with Crippen molar-refractivity contribution in [2.45, 2.75) is 33.6 Å². The second-order valence-electron chi connectivity index (χ2n) is 6.12. The average Bonchev–Trinajstić information content (AvgIpc) is 2.47. The van der Waals surface area contributed by atoms with E-state index in [2.05, 4.69) is 68.2 Å². The predicted octanol–water partition coefficient (Wildman–Crippen LogP) is 5.64. The van der Waals surface area contributed by atoms with Crippen molar-refractivity contribution in [2.24, 2.45) is 0 Å². The molecule has 0 radical (unpaired) electrons. The van der Waals surface area contributed by atoms with Gasteiger partial charge in [0.1, 0.15) is 0 Å². The lowest BCUT2D eigenvalue weighted by Gasteiger charge is -2.12. The monoisotopic (exact) mass is 275 g/mol. The van der Waals surface area contributed by atoms with E-state index in [1.54, 1.807) is 0 Å². The van der Waals surface area contributed by atoms with E-state index in [0.29, 0.717) is 5.92 Å². The van der Waals surface area contributed by atoms with Crippen molar-refractivity contribution in [3.05, 3.63) is 65.5 Å². The normalized spacial score (nSPS) is 11.3.